The van der Waals surface area contributed by atoms with Gasteiger partial charge in [-0.05, 0) is 18.1 Å². The predicted molar refractivity (Wildman–Crippen MR) is 88.1 cm³/mol. The molecule has 1 aromatic carbocycles. The number of aryl methyl sites for hydroxylation is 2. The van der Waals surface area contributed by atoms with Crippen LogP contribution in [0.15, 0.2) is 36.7 Å². The van der Waals surface area contributed by atoms with E-state index in [1.54, 1.807) is 29.0 Å². The van der Waals surface area contributed by atoms with E-state index in [0.29, 0.717) is 12.2 Å². The Bertz CT molecular complexity index is 738. The average molecular weight is 312 g/mol. The number of hydrogen-bond acceptors (Lipinski definition) is 3. The molecule has 2 amide bonds. The fraction of sp³-hybridized carbons (Fsp3) is 0.353. The molecule has 0 aliphatic carbocycles. The van der Waals surface area contributed by atoms with E-state index in [1.165, 1.54) is 0 Å². The summed E-state index contributed by atoms with van der Waals surface area (Å²) >= 11 is 0. The summed E-state index contributed by atoms with van der Waals surface area (Å²) in [6, 6.07) is 7.85. The Morgan fingerprint density at radius 1 is 1.39 bits per heavy atom. The first-order valence-corrected chi connectivity index (χ1v) is 7.76. The van der Waals surface area contributed by atoms with E-state index in [-0.39, 0.29) is 24.2 Å². The molecule has 1 aliphatic rings. The van der Waals surface area contributed by atoms with Crippen LogP contribution in [0.1, 0.15) is 18.9 Å². The van der Waals surface area contributed by atoms with Gasteiger partial charge in [-0.1, -0.05) is 25.1 Å². The van der Waals surface area contributed by atoms with Gasteiger partial charge in [0, 0.05) is 31.9 Å². The highest BCUT2D eigenvalue weighted by atomic mass is 16.2. The second-order valence-corrected chi connectivity index (χ2v) is 5.78. The molecule has 0 saturated carbocycles. The van der Waals surface area contributed by atoms with Gasteiger partial charge in [0.25, 0.3) is 0 Å². The summed E-state index contributed by atoms with van der Waals surface area (Å²) in [5.74, 6) is -0.479. The van der Waals surface area contributed by atoms with Gasteiger partial charge in [0.15, 0.2) is 0 Å². The lowest BCUT2D eigenvalue weighted by Crippen LogP contribution is -2.28. The standard InChI is InChI=1S/C17H20N4O2/c1-3-12-6-4-5-7-15(12)21-10-13(8-16(21)22)17(23)19-14-9-18-20(2)11-14/h4-7,9,11,13H,3,8,10H2,1-2H3,(H,19,23)/t13-/m0/s1. The van der Waals surface area contributed by atoms with Crippen molar-refractivity contribution in [2.24, 2.45) is 13.0 Å². The molecule has 2 aromatic rings. The number of nitrogens with zero attached hydrogens (tertiary/aromatic N) is 3. The normalized spacial score (nSPS) is 17.6. The van der Waals surface area contributed by atoms with Crippen LogP contribution in [0.4, 0.5) is 11.4 Å². The van der Waals surface area contributed by atoms with E-state index in [2.05, 4.69) is 17.3 Å². The highest BCUT2D eigenvalue weighted by molar-refractivity contribution is 6.03. The summed E-state index contributed by atoms with van der Waals surface area (Å²) in [6.07, 6.45) is 4.42. The van der Waals surface area contributed by atoms with Crippen molar-refractivity contribution in [3.05, 3.63) is 42.2 Å². The summed E-state index contributed by atoms with van der Waals surface area (Å²) < 4.78 is 1.62. The number of rotatable bonds is 4. The van der Waals surface area contributed by atoms with E-state index in [0.717, 1.165) is 17.7 Å². The van der Waals surface area contributed by atoms with Gasteiger partial charge in [0.05, 0.1) is 17.8 Å². The zero-order chi connectivity index (χ0) is 16.4. The molecule has 2 heterocycles. The predicted octanol–water partition coefficient (Wildman–Crippen LogP) is 1.97. The molecule has 3 rings (SSSR count). The van der Waals surface area contributed by atoms with Crippen molar-refractivity contribution in [3.63, 3.8) is 0 Å². The van der Waals surface area contributed by atoms with Crippen molar-refractivity contribution in [3.8, 4) is 0 Å². The number of benzene rings is 1. The fourth-order valence-corrected chi connectivity index (χ4v) is 2.92. The smallest absolute Gasteiger partial charge is 0.229 e. The molecule has 1 atom stereocenters. The summed E-state index contributed by atoms with van der Waals surface area (Å²) in [6.45, 7) is 2.48. The van der Waals surface area contributed by atoms with E-state index in [1.807, 2.05) is 24.3 Å². The van der Waals surface area contributed by atoms with E-state index >= 15 is 0 Å². The van der Waals surface area contributed by atoms with Gasteiger partial charge in [-0.2, -0.15) is 5.10 Å². The Balaban J connectivity index is 1.73. The number of aromatic nitrogens is 2. The molecular formula is C17H20N4O2. The molecule has 6 heteroatoms. The third kappa shape index (κ3) is 3.11. The van der Waals surface area contributed by atoms with Crippen LogP contribution in [0, 0.1) is 5.92 Å². The Morgan fingerprint density at radius 3 is 2.87 bits per heavy atom. The first kappa shape index (κ1) is 15.3. The van der Waals surface area contributed by atoms with Crippen LogP contribution >= 0.6 is 0 Å². The van der Waals surface area contributed by atoms with Crippen molar-refractivity contribution < 1.29 is 9.59 Å². The van der Waals surface area contributed by atoms with Crippen LogP contribution in [-0.2, 0) is 23.1 Å². The van der Waals surface area contributed by atoms with Crippen molar-refractivity contribution in [2.45, 2.75) is 19.8 Å². The maximum Gasteiger partial charge on any atom is 0.229 e. The minimum atomic E-state index is -0.340. The monoisotopic (exact) mass is 312 g/mol. The number of amides is 2. The second kappa shape index (κ2) is 6.24. The van der Waals surface area contributed by atoms with Crippen molar-refractivity contribution in [1.29, 1.82) is 0 Å². The highest BCUT2D eigenvalue weighted by Crippen LogP contribution is 2.29. The first-order chi connectivity index (χ1) is 11.1. The van der Waals surface area contributed by atoms with Gasteiger partial charge < -0.3 is 10.2 Å². The van der Waals surface area contributed by atoms with Gasteiger partial charge in [-0.15, -0.1) is 0 Å². The van der Waals surface area contributed by atoms with Crippen LogP contribution in [0.5, 0.6) is 0 Å². The van der Waals surface area contributed by atoms with Crippen LogP contribution in [0.2, 0.25) is 0 Å². The lowest BCUT2D eigenvalue weighted by molar-refractivity contribution is -0.122. The van der Waals surface area contributed by atoms with Crippen LogP contribution in [0.3, 0.4) is 0 Å². The Kier molecular flexibility index (Phi) is 4.14. The van der Waals surface area contributed by atoms with E-state index in [9.17, 15) is 9.59 Å². The third-order valence-corrected chi connectivity index (χ3v) is 4.13. The molecule has 0 bridgehead atoms. The minimum Gasteiger partial charge on any atom is -0.323 e. The second-order valence-electron chi connectivity index (χ2n) is 5.78. The van der Waals surface area contributed by atoms with Gasteiger partial charge in [0.2, 0.25) is 11.8 Å². The summed E-state index contributed by atoms with van der Waals surface area (Å²) in [7, 11) is 1.79. The highest BCUT2D eigenvalue weighted by Gasteiger charge is 2.35. The van der Waals surface area contributed by atoms with Crippen molar-refractivity contribution in [2.75, 3.05) is 16.8 Å². The maximum absolute atomic E-state index is 12.4. The SMILES string of the molecule is CCc1ccccc1N1C[C@@H](C(=O)Nc2cnn(C)c2)CC1=O. The molecule has 1 N–H and O–H groups in total. The number of hydrogen-bond donors (Lipinski definition) is 1. The zero-order valence-electron chi connectivity index (χ0n) is 13.3. The first-order valence-electron chi connectivity index (χ1n) is 7.76. The van der Waals surface area contributed by atoms with Gasteiger partial charge in [-0.3, -0.25) is 14.3 Å². The molecule has 0 radical (unpaired) electrons. The average Bonchev–Trinajstić information content (AvgIpc) is 3.13. The number of nitrogens with one attached hydrogen (secondary N) is 1. The van der Waals surface area contributed by atoms with Crippen LogP contribution in [-0.4, -0.2) is 28.1 Å². The molecule has 0 spiro atoms. The van der Waals surface area contributed by atoms with Crippen LogP contribution in [0.25, 0.3) is 0 Å². The molecule has 120 valence electrons. The van der Waals surface area contributed by atoms with Crippen molar-refractivity contribution in [1.82, 2.24) is 9.78 Å². The van der Waals surface area contributed by atoms with Crippen LogP contribution < -0.4 is 10.2 Å². The quantitative estimate of drug-likeness (QED) is 0.938. The summed E-state index contributed by atoms with van der Waals surface area (Å²) in [5, 5.41) is 6.85. The Labute approximate surface area is 135 Å². The molecule has 0 unspecified atom stereocenters. The van der Waals surface area contributed by atoms with E-state index < -0.39 is 0 Å². The number of carbonyl (C=O) groups excluding carboxylic acids is 2. The zero-order valence-corrected chi connectivity index (χ0v) is 13.3. The van der Waals surface area contributed by atoms with Gasteiger partial charge >= 0.3 is 0 Å². The molecule has 23 heavy (non-hydrogen) atoms. The Hall–Kier alpha value is -2.63. The summed E-state index contributed by atoms with van der Waals surface area (Å²) in [5.41, 5.74) is 2.68. The number of para-hydroxylation sites is 1. The van der Waals surface area contributed by atoms with Crippen molar-refractivity contribution >= 4 is 23.2 Å². The lowest BCUT2D eigenvalue weighted by atomic mass is 10.1. The molecule has 6 nitrogen and oxygen atoms in total. The number of carbonyl (C=O) groups is 2. The minimum absolute atomic E-state index is 0.00256. The molecule has 1 saturated heterocycles. The molecular weight excluding hydrogens is 292 g/mol. The topological polar surface area (TPSA) is 67.2 Å². The maximum atomic E-state index is 12.4. The Morgan fingerprint density at radius 2 is 2.17 bits per heavy atom. The fourth-order valence-electron chi connectivity index (χ4n) is 2.92. The molecule has 1 aliphatic heterocycles. The third-order valence-electron chi connectivity index (χ3n) is 4.13. The van der Waals surface area contributed by atoms with Gasteiger partial charge in [0.1, 0.15) is 0 Å². The van der Waals surface area contributed by atoms with E-state index in [4.69, 9.17) is 0 Å². The molecule has 1 aromatic heterocycles. The van der Waals surface area contributed by atoms with Gasteiger partial charge in [-0.25, -0.2) is 0 Å². The summed E-state index contributed by atoms with van der Waals surface area (Å²) in [4.78, 5) is 26.4. The lowest BCUT2D eigenvalue weighted by Gasteiger charge is -2.19. The largest absolute Gasteiger partial charge is 0.323 e. The molecule has 1 fully saturated rings. The number of anilines is 2.